The van der Waals surface area contributed by atoms with Crippen LogP contribution >= 0.6 is 11.8 Å². The van der Waals surface area contributed by atoms with Gasteiger partial charge in [0.05, 0.1) is 5.25 Å². The molecule has 1 unspecified atom stereocenters. The predicted molar refractivity (Wildman–Crippen MR) is 95.0 cm³/mol. The van der Waals surface area contributed by atoms with E-state index in [0.717, 1.165) is 5.69 Å². The number of anilines is 1. The Kier molecular flexibility index (Phi) is 5.50. The molecule has 1 aromatic heterocycles. The van der Waals surface area contributed by atoms with Gasteiger partial charge in [0.25, 0.3) is 0 Å². The van der Waals surface area contributed by atoms with E-state index in [2.05, 4.69) is 33.0 Å². The Hall–Kier alpha value is -1.89. The molecule has 7 heteroatoms. The van der Waals surface area contributed by atoms with E-state index in [-0.39, 0.29) is 11.2 Å². The second kappa shape index (κ2) is 7.79. The zero-order valence-corrected chi connectivity index (χ0v) is 14.9. The summed E-state index contributed by atoms with van der Waals surface area (Å²) in [4.78, 5) is 12.3. The number of thioether (sulfide) groups is 1. The van der Waals surface area contributed by atoms with Gasteiger partial charge in [-0.1, -0.05) is 43.2 Å². The quantitative estimate of drug-likeness (QED) is 0.841. The van der Waals surface area contributed by atoms with Gasteiger partial charge in [-0.3, -0.25) is 4.79 Å². The van der Waals surface area contributed by atoms with Crippen molar-refractivity contribution in [3.8, 4) is 0 Å². The van der Waals surface area contributed by atoms with Gasteiger partial charge in [0.2, 0.25) is 11.1 Å². The third kappa shape index (κ3) is 4.14. The standard InChI is InChI=1S/C17H23N5OS/c1-12(24-17-19-20-21-22(17)2)16(23)18-15-10-8-14(9-11-15)13-6-4-3-5-7-13/h8-13H,3-7H2,1-2H3,(H,18,23). The first-order valence-electron chi connectivity index (χ1n) is 8.43. The van der Waals surface area contributed by atoms with Crippen molar-refractivity contribution >= 4 is 23.4 Å². The first-order chi connectivity index (χ1) is 11.6. The smallest absolute Gasteiger partial charge is 0.237 e. The summed E-state index contributed by atoms with van der Waals surface area (Å²) in [5, 5.41) is 14.6. The molecule has 0 bridgehead atoms. The van der Waals surface area contributed by atoms with E-state index in [1.54, 1.807) is 11.7 Å². The summed E-state index contributed by atoms with van der Waals surface area (Å²) in [6, 6.07) is 8.30. The topological polar surface area (TPSA) is 72.7 Å². The highest BCUT2D eigenvalue weighted by atomic mass is 32.2. The minimum absolute atomic E-state index is 0.0478. The van der Waals surface area contributed by atoms with Gasteiger partial charge < -0.3 is 5.32 Å². The van der Waals surface area contributed by atoms with Crippen molar-refractivity contribution in [3.05, 3.63) is 29.8 Å². The maximum absolute atomic E-state index is 12.3. The van der Waals surface area contributed by atoms with Crippen LogP contribution in [0.2, 0.25) is 0 Å². The van der Waals surface area contributed by atoms with E-state index >= 15 is 0 Å². The maximum Gasteiger partial charge on any atom is 0.237 e. The Morgan fingerprint density at radius 1 is 1.25 bits per heavy atom. The fourth-order valence-electron chi connectivity index (χ4n) is 3.05. The lowest BCUT2D eigenvalue weighted by Crippen LogP contribution is -2.22. The lowest BCUT2D eigenvalue weighted by molar-refractivity contribution is -0.115. The molecule has 128 valence electrons. The summed E-state index contributed by atoms with van der Waals surface area (Å²) >= 11 is 1.34. The van der Waals surface area contributed by atoms with Crippen LogP contribution in [0.1, 0.15) is 50.5 Å². The number of rotatable bonds is 5. The van der Waals surface area contributed by atoms with Crippen LogP contribution in [0.25, 0.3) is 0 Å². The third-order valence-electron chi connectivity index (χ3n) is 4.49. The van der Waals surface area contributed by atoms with Crippen molar-refractivity contribution in [2.24, 2.45) is 7.05 Å². The van der Waals surface area contributed by atoms with Crippen LogP contribution < -0.4 is 5.32 Å². The molecule has 1 fully saturated rings. The molecule has 3 rings (SSSR count). The van der Waals surface area contributed by atoms with Gasteiger partial charge in [0.1, 0.15) is 0 Å². The van der Waals surface area contributed by atoms with Crippen molar-refractivity contribution in [1.29, 1.82) is 0 Å². The highest BCUT2D eigenvalue weighted by Gasteiger charge is 2.18. The van der Waals surface area contributed by atoms with Gasteiger partial charge in [-0.15, -0.1) is 5.10 Å². The molecule has 24 heavy (non-hydrogen) atoms. The molecular formula is C17H23N5OS. The van der Waals surface area contributed by atoms with Crippen molar-refractivity contribution in [2.45, 2.75) is 55.4 Å². The van der Waals surface area contributed by atoms with Crippen molar-refractivity contribution in [1.82, 2.24) is 20.2 Å². The Morgan fingerprint density at radius 2 is 1.96 bits per heavy atom. The summed E-state index contributed by atoms with van der Waals surface area (Å²) in [7, 11) is 1.76. The minimum Gasteiger partial charge on any atom is -0.325 e. The van der Waals surface area contributed by atoms with Crippen LogP contribution in [-0.2, 0) is 11.8 Å². The van der Waals surface area contributed by atoms with Gasteiger partial charge in [-0.2, -0.15) is 0 Å². The number of nitrogens with one attached hydrogen (secondary N) is 1. The van der Waals surface area contributed by atoms with E-state index in [9.17, 15) is 4.79 Å². The molecule has 0 aliphatic heterocycles. The monoisotopic (exact) mass is 345 g/mol. The SMILES string of the molecule is CC(Sc1nnnn1C)C(=O)Nc1ccc(C2CCCCC2)cc1. The largest absolute Gasteiger partial charge is 0.325 e. The lowest BCUT2D eigenvalue weighted by atomic mass is 9.84. The molecule has 0 saturated heterocycles. The maximum atomic E-state index is 12.3. The molecule has 1 aliphatic carbocycles. The first-order valence-corrected chi connectivity index (χ1v) is 9.31. The minimum atomic E-state index is -0.271. The van der Waals surface area contributed by atoms with Crippen molar-refractivity contribution in [2.75, 3.05) is 5.32 Å². The number of nitrogens with zero attached hydrogens (tertiary/aromatic N) is 4. The van der Waals surface area contributed by atoms with Gasteiger partial charge in [-0.25, -0.2) is 4.68 Å². The Morgan fingerprint density at radius 3 is 2.58 bits per heavy atom. The third-order valence-corrected chi connectivity index (χ3v) is 5.61. The summed E-state index contributed by atoms with van der Waals surface area (Å²) in [5.74, 6) is 0.634. The summed E-state index contributed by atoms with van der Waals surface area (Å²) in [6.45, 7) is 1.85. The number of carbonyl (C=O) groups is 1. The highest BCUT2D eigenvalue weighted by Crippen LogP contribution is 2.33. The molecule has 1 amide bonds. The van der Waals surface area contributed by atoms with Crippen LogP contribution in [0.5, 0.6) is 0 Å². The van der Waals surface area contributed by atoms with Crippen molar-refractivity contribution in [3.63, 3.8) is 0 Å². The number of hydrogen-bond acceptors (Lipinski definition) is 5. The molecule has 1 atom stereocenters. The average molecular weight is 345 g/mol. The van der Waals surface area contributed by atoms with Crippen LogP contribution in [-0.4, -0.2) is 31.4 Å². The van der Waals surface area contributed by atoms with E-state index in [1.807, 2.05) is 19.1 Å². The fourth-order valence-corrected chi connectivity index (χ4v) is 3.81. The van der Waals surface area contributed by atoms with Gasteiger partial charge in [0.15, 0.2) is 0 Å². The predicted octanol–water partition coefficient (Wildman–Crippen LogP) is 3.38. The molecule has 0 spiro atoms. The molecule has 6 nitrogen and oxygen atoms in total. The Balaban J connectivity index is 1.56. The number of carbonyl (C=O) groups excluding carboxylic acids is 1. The zero-order valence-electron chi connectivity index (χ0n) is 14.1. The van der Waals surface area contributed by atoms with Gasteiger partial charge in [-0.05, 0) is 53.8 Å². The first kappa shape index (κ1) is 17.0. The summed E-state index contributed by atoms with van der Waals surface area (Å²) < 4.78 is 1.56. The average Bonchev–Trinajstić information content (AvgIpc) is 3.01. The van der Waals surface area contributed by atoms with E-state index in [1.165, 1.54) is 49.4 Å². The highest BCUT2D eigenvalue weighted by molar-refractivity contribution is 8.00. The number of hydrogen-bond donors (Lipinski definition) is 1. The molecule has 1 N–H and O–H groups in total. The molecule has 1 aliphatic rings. The van der Waals surface area contributed by atoms with E-state index in [0.29, 0.717) is 11.1 Å². The summed E-state index contributed by atoms with van der Waals surface area (Å²) in [5.41, 5.74) is 2.23. The molecule has 2 aromatic rings. The lowest BCUT2D eigenvalue weighted by Gasteiger charge is -2.22. The number of aryl methyl sites for hydroxylation is 1. The van der Waals surface area contributed by atoms with Gasteiger partial charge in [0, 0.05) is 12.7 Å². The molecule has 1 saturated carbocycles. The van der Waals surface area contributed by atoms with E-state index < -0.39 is 0 Å². The number of amides is 1. The Labute approximate surface area is 146 Å². The number of benzene rings is 1. The second-order valence-electron chi connectivity index (χ2n) is 6.29. The van der Waals surface area contributed by atoms with E-state index in [4.69, 9.17) is 0 Å². The van der Waals surface area contributed by atoms with Crippen LogP contribution in [0, 0.1) is 0 Å². The second-order valence-corrected chi connectivity index (χ2v) is 7.60. The van der Waals surface area contributed by atoms with Gasteiger partial charge >= 0.3 is 0 Å². The van der Waals surface area contributed by atoms with Crippen LogP contribution in [0.4, 0.5) is 5.69 Å². The molecule has 0 radical (unpaired) electrons. The zero-order chi connectivity index (χ0) is 16.9. The van der Waals surface area contributed by atoms with Crippen LogP contribution in [0.15, 0.2) is 29.4 Å². The Bertz CT molecular complexity index is 679. The molecule has 1 aromatic carbocycles. The van der Waals surface area contributed by atoms with Crippen LogP contribution in [0.3, 0.4) is 0 Å². The fraction of sp³-hybridized carbons (Fsp3) is 0.529. The molecular weight excluding hydrogens is 322 g/mol. The summed E-state index contributed by atoms with van der Waals surface area (Å²) in [6.07, 6.45) is 6.58. The number of aromatic nitrogens is 4. The molecule has 1 heterocycles. The number of tetrazole rings is 1. The van der Waals surface area contributed by atoms with Crippen molar-refractivity contribution < 1.29 is 4.79 Å². The normalized spacial score (nSPS) is 16.8.